The van der Waals surface area contributed by atoms with Gasteiger partial charge in [0.05, 0.1) is 6.20 Å². The molecular formula is C18H21N7O. The molecule has 0 bridgehead atoms. The molecule has 1 amide bonds. The Labute approximate surface area is 151 Å². The van der Waals surface area contributed by atoms with E-state index < -0.39 is 0 Å². The Morgan fingerprint density at radius 3 is 2.88 bits per heavy atom. The van der Waals surface area contributed by atoms with E-state index in [9.17, 15) is 4.79 Å². The highest BCUT2D eigenvalue weighted by molar-refractivity contribution is 5.83. The monoisotopic (exact) mass is 351 g/mol. The maximum atomic E-state index is 10.8. The van der Waals surface area contributed by atoms with Crippen molar-refractivity contribution in [2.45, 2.75) is 6.42 Å². The fourth-order valence-corrected chi connectivity index (χ4v) is 3.23. The summed E-state index contributed by atoms with van der Waals surface area (Å²) in [5, 5.41) is 12.6. The molecule has 1 aliphatic heterocycles. The summed E-state index contributed by atoms with van der Waals surface area (Å²) < 4.78 is 0. The van der Waals surface area contributed by atoms with Crippen LogP contribution in [0.3, 0.4) is 0 Å². The van der Waals surface area contributed by atoms with E-state index in [-0.39, 0.29) is 0 Å². The van der Waals surface area contributed by atoms with E-state index in [1.807, 2.05) is 18.3 Å². The van der Waals surface area contributed by atoms with Crippen LogP contribution in [0.1, 0.15) is 5.56 Å². The third-order valence-electron chi connectivity index (χ3n) is 4.69. The van der Waals surface area contributed by atoms with Crippen LogP contribution in [-0.4, -0.2) is 64.2 Å². The quantitative estimate of drug-likeness (QED) is 0.651. The van der Waals surface area contributed by atoms with Gasteiger partial charge in [0.2, 0.25) is 12.4 Å². The summed E-state index contributed by atoms with van der Waals surface area (Å²) in [5.41, 5.74) is 2.42. The molecule has 8 nitrogen and oxygen atoms in total. The van der Waals surface area contributed by atoms with Crippen molar-refractivity contribution in [1.82, 2.24) is 25.1 Å². The van der Waals surface area contributed by atoms with Crippen LogP contribution in [0.5, 0.6) is 0 Å². The molecular weight excluding hydrogens is 330 g/mol. The molecule has 134 valence electrons. The molecule has 0 radical (unpaired) electrons. The van der Waals surface area contributed by atoms with Crippen LogP contribution in [-0.2, 0) is 11.2 Å². The summed E-state index contributed by atoms with van der Waals surface area (Å²) in [5.74, 6) is 1.32. The Hall–Kier alpha value is -3.16. The summed E-state index contributed by atoms with van der Waals surface area (Å²) in [4.78, 5) is 22.6. The van der Waals surface area contributed by atoms with Crippen molar-refractivity contribution in [3.05, 3.63) is 42.2 Å². The number of para-hydroxylation sites is 1. The first-order chi connectivity index (χ1) is 12.8. The number of H-pyrrole nitrogens is 1. The van der Waals surface area contributed by atoms with E-state index in [1.54, 1.807) is 11.1 Å². The van der Waals surface area contributed by atoms with Crippen LogP contribution in [0, 0.1) is 0 Å². The van der Waals surface area contributed by atoms with Gasteiger partial charge in [0.25, 0.3) is 0 Å². The Morgan fingerprint density at radius 2 is 2.04 bits per heavy atom. The third kappa shape index (κ3) is 3.44. The van der Waals surface area contributed by atoms with Crippen molar-refractivity contribution in [2.75, 3.05) is 42.9 Å². The topological polar surface area (TPSA) is 90.0 Å². The first kappa shape index (κ1) is 16.3. The van der Waals surface area contributed by atoms with Gasteiger partial charge in [-0.1, -0.05) is 18.2 Å². The van der Waals surface area contributed by atoms with Crippen LogP contribution >= 0.6 is 0 Å². The number of fused-ring (bicyclic) bond motifs is 1. The molecule has 4 rings (SSSR count). The number of carbonyl (C=O) groups excluding carboxylic acids is 1. The van der Waals surface area contributed by atoms with Gasteiger partial charge < -0.3 is 20.1 Å². The van der Waals surface area contributed by atoms with Gasteiger partial charge in [-0.3, -0.25) is 4.79 Å². The van der Waals surface area contributed by atoms with Crippen LogP contribution in [0.4, 0.5) is 11.8 Å². The molecule has 0 spiro atoms. The van der Waals surface area contributed by atoms with Gasteiger partial charge in [0, 0.05) is 49.8 Å². The first-order valence-electron chi connectivity index (χ1n) is 8.76. The molecule has 1 fully saturated rings. The SMILES string of the molecule is O=CN1CCN(c2cnnc(NCCc3c[nH]c4ccccc34)n2)CC1. The van der Waals surface area contributed by atoms with Crippen molar-refractivity contribution in [1.29, 1.82) is 0 Å². The van der Waals surface area contributed by atoms with Crippen LogP contribution in [0.2, 0.25) is 0 Å². The molecule has 0 aliphatic carbocycles. The highest BCUT2D eigenvalue weighted by Crippen LogP contribution is 2.18. The number of aromatic amines is 1. The number of benzene rings is 1. The molecule has 2 N–H and O–H groups in total. The fraction of sp³-hybridized carbons (Fsp3) is 0.333. The standard InChI is InChI=1S/C18H21N7O/c26-13-24-7-9-25(10-8-24)17-12-21-23-18(22-17)19-6-5-14-11-20-16-4-2-1-3-15(14)16/h1-4,11-13,20H,5-10H2,(H,19,22,23). The predicted octanol–water partition coefficient (Wildman–Crippen LogP) is 1.29. The summed E-state index contributed by atoms with van der Waals surface area (Å²) in [7, 11) is 0. The fourth-order valence-electron chi connectivity index (χ4n) is 3.23. The van der Waals surface area contributed by atoms with Gasteiger partial charge in [0.15, 0.2) is 5.82 Å². The number of nitrogens with zero attached hydrogens (tertiary/aromatic N) is 5. The molecule has 2 aromatic heterocycles. The summed E-state index contributed by atoms with van der Waals surface area (Å²) in [6.45, 7) is 3.65. The van der Waals surface area contributed by atoms with E-state index in [0.717, 1.165) is 43.8 Å². The number of aromatic nitrogens is 4. The molecule has 0 atom stereocenters. The maximum Gasteiger partial charge on any atom is 0.244 e. The number of carbonyl (C=O) groups is 1. The number of piperazine rings is 1. The summed E-state index contributed by atoms with van der Waals surface area (Å²) >= 11 is 0. The molecule has 1 aliphatic rings. The summed E-state index contributed by atoms with van der Waals surface area (Å²) in [6.07, 6.45) is 5.48. The molecule has 0 saturated carbocycles. The minimum atomic E-state index is 0.528. The Kier molecular flexibility index (Phi) is 4.63. The normalized spacial score (nSPS) is 14.6. The van der Waals surface area contributed by atoms with E-state index in [4.69, 9.17) is 0 Å². The molecule has 3 heterocycles. The lowest BCUT2D eigenvalue weighted by molar-refractivity contribution is -0.118. The average molecular weight is 351 g/mol. The highest BCUT2D eigenvalue weighted by Gasteiger charge is 2.17. The van der Waals surface area contributed by atoms with Gasteiger partial charge >= 0.3 is 0 Å². The molecule has 0 unspecified atom stereocenters. The molecule has 3 aromatic rings. The highest BCUT2D eigenvalue weighted by atomic mass is 16.1. The lowest BCUT2D eigenvalue weighted by Crippen LogP contribution is -2.46. The Bertz CT molecular complexity index is 886. The van der Waals surface area contributed by atoms with Crippen molar-refractivity contribution in [2.24, 2.45) is 0 Å². The van der Waals surface area contributed by atoms with E-state index in [0.29, 0.717) is 19.0 Å². The first-order valence-corrected chi connectivity index (χ1v) is 8.76. The van der Waals surface area contributed by atoms with Crippen molar-refractivity contribution < 1.29 is 4.79 Å². The second-order valence-corrected chi connectivity index (χ2v) is 6.30. The number of rotatable bonds is 6. The van der Waals surface area contributed by atoms with Gasteiger partial charge in [-0.05, 0) is 18.1 Å². The van der Waals surface area contributed by atoms with Crippen LogP contribution in [0.25, 0.3) is 10.9 Å². The summed E-state index contributed by atoms with van der Waals surface area (Å²) in [6, 6.07) is 8.28. The average Bonchev–Trinajstić information content (AvgIpc) is 3.12. The zero-order chi connectivity index (χ0) is 17.8. The number of nitrogens with one attached hydrogen (secondary N) is 2. The lowest BCUT2D eigenvalue weighted by Gasteiger charge is -2.33. The maximum absolute atomic E-state index is 10.8. The second-order valence-electron chi connectivity index (χ2n) is 6.30. The smallest absolute Gasteiger partial charge is 0.244 e. The van der Waals surface area contributed by atoms with Gasteiger partial charge in [-0.2, -0.15) is 10.1 Å². The van der Waals surface area contributed by atoms with E-state index in [1.165, 1.54) is 10.9 Å². The second kappa shape index (κ2) is 7.38. The lowest BCUT2D eigenvalue weighted by atomic mass is 10.1. The predicted molar refractivity (Wildman–Crippen MR) is 100 cm³/mol. The third-order valence-corrected chi connectivity index (χ3v) is 4.69. The Morgan fingerprint density at radius 1 is 1.19 bits per heavy atom. The van der Waals surface area contributed by atoms with E-state index >= 15 is 0 Å². The van der Waals surface area contributed by atoms with E-state index in [2.05, 4.69) is 42.5 Å². The number of hydrogen-bond acceptors (Lipinski definition) is 6. The molecule has 26 heavy (non-hydrogen) atoms. The van der Waals surface area contributed by atoms with Gasteiger partial charge in [0.1, 0.15) is 0 Å². The van der Waals surface area contributed by atoms with Crippen molar-refractivity contribution >= 4 is 29.1 Å². The zero-order valence-corrected chi connectivity index (χ0v) is 14.4. The Balaban J connectivity index is 1.36. The van der Waals surface area contributed by atoms with Gasteiger partial charge in [-0.25, -0.2) is 0 Å². The van der Waals surface area contributed by atoms with Crippen molar-refractivity contribution in [3.63, 3.8) is 0 Å². The number of amides is 1. The number of anilines is 2. The van der Waals surface area contributed by atoms with Crippen LogP contribution in [0.15, 0.2) is 36.7 Å². The van der Waals surface area contributed by atoms with Crippen molar-refractivity contribution in [3.8, 4) is 0 Å². The zero-order valence-electron chi connectivity index (χ0n) is 14.4. The van der Waals surface area contributed by atoms with Gasteiger partial charge in [-0.15, -0.1) is 5.10 Å². The minimum absolute atomic E-state index is 0.528. The molecule has 1 aromatic carbocycles. The largest absolute Gasteiger partial charge is 0.361 e. The molecule has 1 saturated heterocycles. The number of hydrogen-bond donors (Lipinski definition) is 2. The minimum Gasteiger partial charge on any atom is -0.361 e. The molecule has 8 heteroatoms. The van der Waals surface area contributed by atoms with Crippen LogP contribution < -0.4 is 10.2 Å².